The van der Waals surface area contributed by atoms with Crippen molar-refractivity contribution in [2.75, 3.05) is 0 Å². The third-order valence-corrected chi connectivity index (χ3v) is 6.52. The monoisotopic (exact) mass is 320 g/mol. The second-order valence-electron chi connectivity index (χ2n) is 8.10. The van der Waals surface area contributed by atoms with Crippen LogP contribution in [0.3, 0.4) is 0 Å². The standard InChI is InChI=1S/C23H28O/c1-16-2-3-22-15-21(9-8-20(22)14-16)19-6-4-17(5-7-19)18-10-12-23(24)13-11-18/h2-3,8-9,14-15,17-19H,4-7,10-13H2,1H3. The van der Waals surface area contributed by atoms with Crippen LogP contribution in [0.2, 0.25) is 0 Å². The van der Waals surface area contributed by atoms with Crippen molar-refractivity contribution in [2.24, 2.45) is 11.8 Å². The van der Waals surface area contributed by atoms with Crippen LogP contribution in [0.1, 0.15) is 68.4 Å². The van der Waals surface area contributed by atoms with Crippen molar-refractivity contribution in [3.8, 4) is 0 Å². The first-order valence-electron chi connectivity index (χ1n) is 9.71. The molecule has 0 unspecified atom stereocenters. The van der Waals surface area contributed by atoms with Crippen LogP contribution in [0.25, 0.3) is 10.8 Å². The van der Waals surface area contributed by atoms with Gasteiger partial charge in [0.1, 0.15) is 5.78 Å². The average molecular weight is 320 g/mol. The number of benzene rings is 2. The van der Waals surface area contributed by atoms with Crippen molar-refractivity contribution in [1.29, 1.82) is 0 Å². The van der Waals surface area contributed by atoms with Crippen LogP contribution < -0.4 is 0 Å². The highest BCUT2D eigenvalue weighted by atomic mass is 16.1. The van der Waals surface area contributed by atoms with E-state index in [0.717, 1.165) is 43.4 Å². The van der Waals surface area contributed by atoms with E-state index >= 15 is 0 Å². The summed E-state index contributed by atoms with van der Waals surface area (Å²) in [4.78, 5) is 11.5. The average Bonchev–Trinajstić information content (AvgIpc) is 2.62. The van der Waals surface area contributed by atoms with Gasteiger partial charge in [-0.1, -0.05) is 42.0 Å². The number of hydrogen-bond acceptors (Lipinski definition) is 1. The summed E-state index contributed by atoms with van der Waals surface area (Å²) in [7, 11) is 0. The van der Waals surface area contributed by atoms with Crippen molar-refractivity contribution >= 4 is 16.6 Å². The lowest BCUT2D eigenvalue weighted by Gasteiger charge is -2.35. The molecule has 0 saturated heterocycles. The molecule has 0 N–H and O–H groups in total. The van der Waals surface area contributed by atoms with Gasteiger partial charge in [-0.3, -0.25) is 4.79 Å². The number of ketones is 1. The van der Waals surface area contributed by atoms with E-state index in [1.807, 2.05) is 0 Å². The minimum absolute atomic E-state index is 0.492. The fourth-order valence-corrected chi connectivity index (χ4v) is 5.00. The number of carbonyl (C=O) groups excluding carboxylic acids is 1. The van der Waals surface area contributed by atoms with Crippen LogP contribution in [-0.4, -0.2) is 5.78 Å². The van der Waals surface area contributed by atoms with Crippen LogP contribution in [0.5, 0.6) is 0 Å². The molecule has 2 aromatic carbocycles. The molecule has 0 aromatic heterocycles. The Hall–Kier alpha value is -1.63. The van der Waals surface area contributed by atoms with Gasteiger partial charge in [0.05, 0.1) is 0 Å². The second-order valence-corrected chi connectivity index (χ2v) is 8.10. The lowest BCUT2D eigenvalue weighted by atomic mass is 9.69. The lowest BCUT2D eigenvalue weighted by Crippen LogP contribution is -2.25. The predicted molar refractivity (Wildman–Crippen MR) is 100 cm³/mol. The largest absolute Gasteiger partial charge is 0.300 e. The zero-order valence-corrected chi connectivity index (χ0v) is 14.8. The first-order chi connectivity index (χ1) is 11.7. The summed E-state index contributed by atoms with van der Waals surface area (Å²) in [6.45, 7) is 2.16. The molecule has 0 bridgehead atoms. The van der Waals surface area contributed by atoms with Gasteiger partial charge < -0.3 is 0 Å². The van der Waals surface area contributed by atoms with E-state index in [1.54, 1.807) is 0 Å². The van der Waals surface area contributed by atoms with Crippen molar-refractivity contribution in [3.05, 3.63) is 47.5 Å². The van der Waals surface area contributed by atoms with E-state index in [4.69, 9.17) is 0 Å². The van der Waals surface area contributed by atoms with Gasteiger partial charge in [0.15, 0.2) is 0 Å². The molecule has 2 saturated carbocycles. The summed E-state index contributed by atoms with van der Waals surface area (Å²) in [5.41, 5.74) is 2.87. The van der Waals surface area contributed by atoms with E-state index in [2.05, 4.69) is 43.3 Å². The van der Waals surface area contributed by atoms with Gasteiger partial charge in [0.25, 0.3) is 0 Å². The van der Waals surface area contributed by atoms with E-state index in [1.165, 1.54) is 47.6 Å². The normalized spacial score (nSPS) is 26.0. The molecule has 2 fully saturated rings. The fourth-order valence-electron chi connectivity index (χ4n) is 5.00. The van der Waals surface area contributed by atoms with Gasteiger partial charge in [-0.15, -0.1) is 0 Å². The van der Waals surface area contributed by atoms with Gasteiger partial charge in [-0.2, -0.15) is 0 Å². The maximum Gasteiger partial charge on any atom is 0.132 e. The molecule has 24 heavy (non-hydrogen) atoms. The first-order valence-corrected chi connectivity index (χ1v) is 9.71. The molecule has 1 nitrogen and oxygen atoms in total. The van der Waals surface area contributed by atoms with Crippen LogP contribution in [0.15, 0.2) is 36.4 Å². The Morgan fingerprint density at radius 3 is 2.12 bits per heavy atom. The second kappa shape index (κ2) is 6.70. The number of fused-ring (bicyclic) bond motifs is 1. The summed E-state index contributed by atoms with van der Waals surface area (Å²) in [6, 6.07) is 13.8. The summed E-state index contributed by atoms with van der Waals surface area (Å²) >= 11 is 0. The van der Waals surface area contributed by atoms with Crippen molar-refractivity contribution in [3.63, 3.8) is 0 Å². The number of hydrogen-bond donors (Lipinski definition) is 0. The van der Waals surface area contributed by atoms with Gasteiger partial charge >= 0.3 is 0 Å². The summed E-state index contributed by atoms with van der Waals surface area (Å²) in [5.74, 6) is 2.92. The smallest absolute Gasteiger partial charge is 0.132 e. The molecular weight excluding hydrogens is 292 g/mol. The Labute approximate surface area is 145 Å². The Balaban J connectivity index is 1.42. The lowest BCUT2D eigenvalue weighted by molar-refractivity contribution is -0.121. The molecule has 2 aliphatic carbocycles. The molecule has 2 aliphatic rings. The van der Waals surface area contributed by atoms with Crippen molar-refractivity contribution in [1.82, 2.24) is 0 Å². The molecule has 4 rings (SSSR count). The van der Waals surface area contributed by atoms with Crippen LogP contribution in [0, 0.1) is 18.8 Å². The van der Waals surface area contributed by atoms with Gasteiger partial charge in [0, 0.05) is 12.8 Å². The Bertz CT molecular complexity index is 727. The minimum atomic E-state index is 0.492. The van der Waals surface area contributed by atoms with Crippen LogP contribution >= 0.6 is 0 Å². The Kier molecular flexibility index (Phi) is 4.43. The van der Waals surface area contributed by atoms with Gasteiger partial charge in [-0.05, 0) is 79.5 Å². The quantitative estimate of drug-likeness (QED) is 0.645. The topological polar surface area (TPSA) is 17.1 Å². The molecule has 1 heteroatoms. The molecule has 126 valence electrons. The summed E-state index contributed by atoms with van der Waals surface area (Å²) in [6.07, 6.45) is 9.36. The predicted octanol–water partition coefficient (Wildman–Crippen LogP) is 6.18. The summed E-state index contributed by atoms with van der Waals surface area (Å²) < 4.78 is 0. The van der Waals surface area contributed by atoms with Crippen molar-refractivity contribution < 1.29 is 4.79 Å². The third kappa shape index (κ3) is 3.27. The minimum Gasteiger partial charge on any atom is -0.300 e. The number of carbonyl (C=O) groups is 1. The zero-order valence-electron chi connectivity index (χ0n) is 14.8. The molecule has 0 aliphatic heterocycles. The number of Topliss-reactive ketones (excluding diaryl/α,β-unsaturated/α-hetero) is 1. The Morgan fingerprint density at radius 2 is 1.38 bits per heavy atom. The maximum atomic E-state index is 11.5. The molecule has 2 aromatic rings. The fraction of sp³-hybridized carbons (Fsp3) is 0.522. The number of rotatable bonds is 2. The molecule has 0 amide bonds. The van der Waals surface area contributed by atoms with E-state index in [-0.39, 0.29) is 0 Å². The first kappa shape index (κ1) is 15.9. The van der Waals surface area contributed by atoms with Crippen LogP contribution in [0.4, 0.5) is 0 Å². The zero-order chi connectivity index (χ0) is 16.5. The molecule has 0 heterocycles. The molecular formula is C23H28O. The molecule has 0 spiro atoms. The maximum absolute atomic E-state index is 11.5. The van der Waals surface area contributed by atoms with E-state index in [0.29, 0.717) is 5.78 Å². The highest BCUT2D eigenvalue weighted by Gasteiger charge is 2.30. The molecule has 0 atom stereocenters. The SMILES string of the molecule is Cc1ccc2cc(C3CCC(C4CCC(=O)CC4)CC3)ccc2c1. The highest BCUT2D eigenvalue weighted by Crippen LogP contribution is 2.42. The van der Waals surface area contributed by atoms with Crippen molar-refractivity contribution in [2.45, 2.75) is 64.2 Å². The van der Waals surface area contributed by atoms with E-state index in [9.17, 15) is 4.79 Å². The van der Waals surface area contributed by atoms with Gasteiger partial charge in [-0.25, -0.2) is 0 Å². The third-order valence-electron chi connectivity index (χ3n) is 6.52. The molecule has 0 radical (unpaired) electrons. The van der Waals surface area contributed by atoms with Crippen LogP contribution in [-0.2, 0) is 4.79 Å². The van der Waals surface area contributed by atoms with E-state index < -0.39 is 0 Å². The number of aryl methyl sites for hydroxylation is 1. The highest BCUT2D eigenvalue weighted by molar-refractivity contribution is 5.84. The Morgan fingerprint density at radius 1 is 0.750 bits per heavy atom. The summed E-state index contributed by atoms with van der Waals surface area (Å²) in [5, 5.41) is 2.74. The van der Waals surface area contributed by atoms with Gasteiger partial charge in [0.2, 0.25) is 0 Å².